The quantitative estimate of drug-likeness (QED) is 0.854. The van der Waals surface area contributed by atoms with Crippen molar-refractivity contribution in [3.63, 3.8) is 0 Å². The van der Waals surface area contributed by atoms with Crippen LogP contribution in [0.15, 0.2) is 36.7 Å². The van der Waals surface area contributed by atoms with Crippen molar-refractivity contribution in [2.75, 3.05) is 17.7 Å². The first-order chi connectivity index (χ1) is 10.7. The Hall–Kier alpha value is -1.75. The normalized spacial score (nSPS) is 26.9. The molecule has 0 spiro atoms. The van der Waals surface area contributed by atoms with E-state index in [0.717, 1.165) is 18.1 Å². The summed E-state index contributed by atoms with van der Waals surface area (Å²) in [7, 11) is 2.10. The summed E-state index contributed by atoms with van der Waals surface area (Å²) in [6, 6.07) is 8.32. The van der Waals surface area contributed by atoms with Crippen LogP contribution < -0.4 is 4.90 Å². The molecule has 0 N–H and O–H groups in total. The third-order valence-electron chi connectivity index (χ3n) is 4.84. The van der Waals surface area contributed by atoms with Gasteiger partial charge in [0.05, 0.1) is 11.3 Å². The Morgan fingerprint density at radius 2 is 2.18 bits per heavy atom. The second-order valence-electron chi connectivity index (χ2n) is 6.10. The van der Waals surface area contributed by atoms with Crippen LogP contribution in [-0.2, 0) is 11.3 Å². The number of Topliss-reactive ketones (excluding diaryl/α,β-unsaturated/α-hetero) is 1. The van der Waals surface area contributed by atoms with Gasteiger partial charge in [0.15, 0.2) is 0 Å². The van der Waals surface area contributed by atoms with Crippen LogP contribution in [0.5, 0.6) is 0 Å². The molecule has 0 bridgehead atoms. The molecule has 4 nitrogen and oxygen atoms in total. The van der Waals surface area contributed by atoms with E-state index in [1.54, 1.807) is 6.20 Å². The Morgan fingerprint density at radius 1 is 1.36 bits per heavy atom. The Bertz CT molecular complexity index is 726. The lowest BCUT2D eigenvalue weighted by molar-refractivity contribution is -0.124. The summed E-state index contributed by atoms with van der Waals surface area (Å²) in [5.74, 6) is 2.32. The first-order valence-corrected chi connectivity index (χ1v) is 8.66. The molecule has 4 rings (SSSR count). The second kappa shape index (κ2) is 5.16. The number of rotatable bonds is 2. The van der Waals surface area contributed by atoms with E-state index >= 15 is 0 Å². The Balaban J connectivity index is 1.64. The molecule has 3 unspecified atom stereocenters. The maximum atomic E-state index is 13.1. The van der Waals surface area contributed by atoms with Crippen LogP contribution in [0.3, 0.4) is 0 Å². The number of thioether (sulfide) groups is 1. The number of imidazole rings is 1. The third kappa shape index (κ3) is 1.99. The van der Waals surface area contributed by atoms with E-state index in [9.17, 15) is 4.79 Å². The SMILES string of the molecule is Cc1nccn1CC1CSC2C(C1=O)c1ccccc1N2C. The summed E-state index contributed by atoms with van der Waals surface area (Å²) in [6.07, 6.45) is 3.77. The number of para-hydroxylation sites is 1. The summed E-state index contributed by atoms with van der Waals surface area (Å²) >= 11 is 1.91. The monoisotopic (exact) mass is 313 g/mol. The topological polar surface area (TPSA) is 38.1 Å². The van der Waals surface area contributed by atoms with Crippen molar-refractivity contribution in [2.45, 2.75) is 24.8 Å². The van der Waals surface area contributed by atoms with Gasteiger partial charge >= 0.3 is 0 Å². The van der Waals surface area contributed by atoms with Gasteiger partial charge in [-0.05, 0) is 18.6 Å². The molecule has 22 heavy (non-hydrogen) atoms. The molecule has 2 aliphatic rings. The molecule has 0 aliphatic carbocycles. The summed E-state index contributed by atoms with van der Waals surface area (Å²) in [5, 5.41) is 0.255. The van der Waals surface area contributed by atoms with Gasteiger partial charge in [0.1, 0.15) is 11.6 Å². The zero-order valence-electron chi connectivity index (χ0n) is 12.8. The van der Waals surface area contributed by atoms with Gasteiger partial charge in [-0.25, -0.2) is 4.98 Å². The van der Waals surface area contributed by atoms with Gasteiger partial charge in [0.25, 0.3) is 0 Å². The molecule has 1 fully saturated rings. The van der Waals surface area contributed by atoms with E-state index in [4.69, 9.17) is 0 Å². The largest absolute Gasteiger partial charge is 0.361 e. The molecule has 1 aromatic carbocycles. The number of ketones is 1. The van der Waals surface area contributed by atoms with Gasteiger partial charge < -0.3 is 9.47 Å². The highest BCUT2D eigenvalue weighted by Gasteiger charge is 2.46. The van der Waals surface area contributed by atoms with Gasteiger partial charge in [0, 0.05) is 43.3 Å². The first-order valence-electron chi connectivity index (χ1n) is 7.61. The highest BCUT2D eigenvalue weighted by molar-refractivity contribution is 8.00. The van der Waals surface area contributed by atoms with Crippen LogP contribution in [0.2, 0.25) is 0 Å². The molecule has 0 amide bonds. The molecular formula is C17H19N3OS. The molecule has 0 radical (unpaired) electrons. The molecule has 5 heteroatoms. The average Bonchev–Trinajstić information content (AvgIpc) is 3.05. The van der Waals surface area contributed by atoms with Crippen LogP contribution in [-0.4, -0.2) is 33.5 Å². The van der Waals surface area contributed by atoms with Crippen molar-refractivity contribution in [3.8, 4) is 0 Å². The van der Waals surface area contributed by atoms with E-state index in [1.165, 1.54) is 11.3 Å². The molecule has 2 aromatic rings. The number of hydrogen-bond acceptors (Lipinski definition) is 4. The number of hydrogen-bond donors (Lipinski definition) is 0. The Kier molecular flexibility index (Phi) is 3.26. The fraction of sp³-hybridized carbons (Fsp3) is 0.412. The molecule has 1 aromatic heterocycles. The van der Waals surface area contributed by atoms with E-state index in [1.807, 2.05) is 37.0 Å². The maximum Gasteiger partial charge on any atom is 0.149 e. The predicted octanol–water partition coefficient (Wildman–Crippen LogP) is 2.68. The standard InChI is InChI=1S/C17H19N3OS/c1-11-18-7-8-20(11)9-12-10-22-17-15(16(12)21)13-5-3-4-6-14(13)19(17)2/h3-8,12,15,17H,9-10H2,1-2H3. The van der Waals surface area contributed by atoms with E-state index in [-0.39, 0.29) is 17.2 Å². The lowest BCUT2D eigenvalue weighted by Gasteiger charge is -2.33. The lowest BCUT2D eigenvalue weighted by Crippen LogP contribution is -2.41. The molecule has 3 heterocycles. The summed E-state index contributed by atoms with van der Waals surface area (Å²) in [6.45, 7) is 2.73. The number of carbonyl (C=O) groups is 1. The number of aryl methyl sites for hydroxylation is 1. The van der Waals surface area contributed by atoms with Crippen LogP contribution in [0, 0.1) is 12.8 Å². The maximum absolute atomic E-state index is 13.1. The van der Waals surface area contributed by atoms with Gasteiger partial charge in [-0.1, -0.05) is 18.2 Å². The van der Waals surface area contributed by atoms with Gasteiger partial charge in [-0.15, -0.1) is 11.8 Å². The lowest BCUT2D eigenvalue weighted by atomic mass is 9.88. The van der Waals surface area contributed by atoms with E-state index in [2.05, 4.69) is 33.6 Å². The van der Waals surface area contributed by atoms with Crippen LogP contribution in [0.1, 0.15) is 17.3 Å². The molecule has 3 atom stereocenters. The van der Waals surface area contributed by atoms with Crippen molar-refractivity contribution in [1.82, 2.24) is 9.55 Å². The van der Waals surface area contributed by atoms with Crippen molar-refractivity contribution in [2.24, 2.45) is 5.92 Å². The molecular weight excluding hydrogens is 294 g/mol. The summed E-state index contributed by atoms with van der Waals surface area (Å²) in [4.78, 5) is 19.6. The Labute approximate surface area is 134 Å². The van der Waals surface area contributed by atoms with E-state index < -0.39 is 0 Å². The van der Waals surface area contributed by atoms with Crippen LogP contribution >= 0.6 is 11.8 Å². The number of aromatic nitrogens is 2. The minimum absolute atomic E-state index is 0.00813. The van der Waals surface area contributed by atoms with Crippen molar-refractivity contribution in [3.05, 3.63) is 48.0 Å². The second-order valence-corrected chi connectivity index (χ2v) is 7.25. The van der Waals surface area contributed by atoms with Crippen LogP contribution in [0.25, 0.3) is 0 Å². The highest BCUT2D eigenvalue weighted by Crippen LogP contribution is 2.49. The van der Waals surface area contributed by atoms with Gasteiger partial charge in [0.2, 0.25) is 0 Å². The first kappa shape index (κ1) is 13.9. The van der Waals surface area contributed by atoms with Crippen molar-refractivity contribution >= 4 is 23.2 Å². The number of anilines is 1. The smallest absolute Gasteiger partial charge is 0.149 e. The predicted molar refractivity (Wildman–Crippen MR) is 89.3 cm³/mol. The minimum atomic E-state index is 0.00813. The van der Waals surface area contributed by atoms with Crippen molar-refractivity contribution in [1.29, 1.82) is 0 Å². The van der Waals surface area contributed by atoms with Gasteiger partial charge in [-0.3, -0.25) is 4.79 Å². The molecule has 114 valence electrons. The number of benzene rings is 1. The number of likely N-dealkylation sites (N-methyl/N-ethyl adjacent to an activating group) is 1. The number of nitrogens with zero attached hydrogens (tertiary/aromatic N) is 3. The third-order valence-corrected chi connectivity index (χ3v) is 6.36. The average molecular weight is 313 g/mol. The van der Waals surface area contributed by atoms with E-state index in [0.29, 0.717) is 5.78 Å². The summed E-state index contributed by atoms with van der Waals surface area (Å²) in [5.41, 5.74) is 2.40. The molecule has 2 aliphatic heterocycles. The molecule has 1 saturated heterocycles. The van der Waals surface area contributed by atoms with Crippen LogP contribution in [0.4, 0.5) is 5.69 Å². The fourth-order valence-electron chi connectivity index (χ4n) is 3.62. The highest BCUT2D eigenvalue weighted by atomic mass is 32.2. The van der Waals surface area contributed by atoms with Crippen molar-refractivity contribution < 1.29 is 4.79 Å². The number of carbonyl (C=O) groups excluding carboxylic acids is 1. The Morgan fingerprint density at radius 3 is 2.95 bits per heavy atom. The summed E-state index contributed by atoms with van der Waals surface area (Å²) < 4.78 is 2.09. The minimum Gasteiger partial charge on any atom is -0.361 e. The fourth-order valence-corrected chi connectivity index (χ4v) is 5.12. The zero-order valence-corrected chi connectivity index (χ0v) is 13.6. The van der Waals surface area contributed by atoms with Gasteiger partial charge in [-0.2, -0.15) is 0 Å². The zero-order chi connectivity index (χ0) is 15.3. The number of fused-ring (bicyclic) bond motifs is 3. The molecule has 0 saturated carbocycles.